The van der Waals surface area contributed by atoms with E-state index in [0.29, 0.717) is 53.4 Å². The highest BCUT2D eigenvalue weighted by Crippen LogP contribution is 2.32. The van der Waals surface area contributed by atoms with Crippen LogP contribution in [0.4, 0.5) is 0 Å². The molecule has 0 bridgehead atoms. The van der Waals surface area contributed by atoms with Crippen LogP contribution >= 0.6 is 0 Å². The largest absolute Gasteiger partial charge is 0.493 e. The molecule has 0 saturated heterocycles. The quantitative estimate of drug-likeness (QED) is 0.469. The molecule has 0 aliphatic carbocycles. The normalized spacial score (nSPS) is 11.0. The van der Waals surface area contributed by atoms with E-state index in [-0.39, 0.29) is 11.5 Å². The molecule has 3 aromatic rings. The number of pyridine rings is 1. The fraction of sp³-hybridized carbons (Fsp3) is 0.407. The summed E-state index contributed by atoms with van der Waals surface area (Å²) in [4.78, 5) is 26.2. The first kappa shape index (κ1) is 25.1. The van der Waals surface area contributed by atoms with Crippen molar-refractivity contribution in [2.45, 2.75) is 47.2 Å². The second kappa shape index (κ2) is 11.1. The molecular weight excluding hydrogens is 432 g/mol. The van der Waals surface area contributed by atoms with E-state index in [4.69, 9.17) is 14.2 Å². The average Bonchev–Trinajstić information content (AvgIpc) is 2.82. The molecule has 182 valence electrons. The molecule has 7 heteroatoms. The van der Waals surface area contributed by atoms with Crippen molar-refractivity contribution >= 4 is 16.7 Å². The van der Waals surface area contributed by atoms with Gasteiger partial charge in [-0.15, -0.1) is 0 Å². The lowest BCUT2D eigenvalue weighted by Crippen LogP contribution is -2.27. The number of amides is 1. The minimum absolute atomic E-state index is 0.186. The lowest BCUT2D eigenvalue weighted by Gasteiger charge is -2.16. The fourth-order valence-corrected chi connectivity index (χ4v) is 3.75. The van der Waals surface area contributed by atoms with Crippen molar-refractivity contribution in [2.75, 3.05) is 20.8 Å². The van der Waals surface area contributed by atoms with Gasteiger partial charge in [0.2, 0.25) is 0 Å². The third-order valence-corrected chi connectivity index (χ3v) is 5.79. The monoisotopic (exact) mass is 466 g/mol. The Balaban J connectivity index is 1.94. The van der Waals surface area contributed by atoms with E-state index in [9.17, 15) is 9.59 Å². The molecule has 0 aliphatic rings. The first-order chi connectivity index (χ1) is 16.3. The summed E-state index contributed by atoms with van der Waals surface area (Å²) in [5.74, 6) is 1.93. The molecule has 1 heterocycles. The van der Waals surface area contributed by atoms with Crippen molar-refractivity contribution < 1.29 is 19.0 Å². The number of ether oxygens (including phenoxy) is 3. The van der Waals surface area contributed by atoms with Crippen LogP contribution in [0.3, 0.4) is 0 Å². The molecule has 1 N–H and O–H groups in total. The number of nitrogens with zero attached hydrogens (tertiary/aromatic N) is 1. The van der Waals surface area contributed by atoms with E-state index in [2.05, 4.69) is 19.2 Å². The Morgan fingerprint density at radius 1 is 1.03 bits per heavy atom. The summed E-state index contributed by atoms with van der Waals surface area (Å²) in [5.41, 5.74) is 2.20. The van der Waals surface area contributed by atoms with Crippen molar-refractivity contribution in [3.05, 3.63) is 63.6 Å². The van der Waals surface area contributed by atoms with Crippen LogP contribution < -0.4 is 25.1 Å². The average molecular weight is 467 g/mol. The van der Waals surface area contributed by atoms with Crippen molar-refractivity contribution in [2.24, 2.45) is 5.92 Å². The van der Waals surface area contributed by atoms with Gasteiger partial charge in [-0.3, -0.25) is 9.59 Å². The van der Waals surface area contributed by atoms with E-state index in [1.54, 1.807) is 18.3 Å². The molecule has 7 nitrogen and oxygen atoms in total. The molecule has 0 atom stereocenters. The van der Waals surface area contributed by atoms with Crippen molar-refractivity contribution in [1.29, 1.82) is 0 Å². The summed E-state index contributed by atoms with van der Waals surface area (Å²) in [6, 6.07) is 9.27. The molecular formula is C27H34N2O5. The maximum Gasteiger partial charge on any atom is 0.258 e. The molecule has 1 aromatic heterocycles. The van der Waals surface area contributed by atoms with Gasteiger partial charge in [0.05, 0.1) is 31.8 Å². The first-order valence-electron chi connectivity index (χ1n) is 11.6. The molecule has 34 heavy (non-hydrogen) atoms. The van der Waals surface area contributed by atoms with Crippen LogP contribution in [0.15, 0.2) is 41.3 Å². The smallest absolute Gasteiger partial charge is 0.258 e. The molecule has 0 unspecified atom stereocenters. The summed E-state index contributed by atoms with van der Waals surface area (Å²) >= 11 is 0. The molecule has 0 aliphatic heterocycles. The van der Waals surface area contributed by atoms with E-state index in [1.807, 2.05) is 32.0 Å². The zero-order chi connectivity index (χ0) is 24.8. The number of carbonyl (C=O) groups excluding carboxylic acids is 1. The van der Waals surface area contributed by atoms with E-state index in [1.165, 1.54) is 18.8 Å². The summed E-state index contributed by atoms with van der Waals surface area (Å²) in [5, 5.41) is 3.92. The maximum absolute atomic E-state index is 13.3. The summed E-state index contributed by atoms with van der Waals surface area (Å²) < 4.78 is 18.3. The Kier molecular flexibility index (Phi) is 8.21. The predicted molar refractivity (Wildman–Crippen MR) is 134 cm³/mol. The SMILES string of the molecule is CCn1cc(C(=O)NCc2ccc(C)cc2OCCC(C)C)c2cc(OC)c(OC)cc2c1=O. The van der Waals surface area contributed by atoms with Gasteiger partial charge in [0, 0.05) is 30.2 Å². The van der Waals surface area contributed by atoms with Gasteiger partial charge >= 0.3 is 0 Å². The fourth-order valence-electron chi connectivity index (χ4n) is 3.75. The lowest BCUT2D eigenvalue weighted by molar-refractivity contribution is 0.0951. The van der Waals surface area contributed by atoms with Crippen LogP contribution in [0.1, 0.15) is 48.7 Å². The van der Waals surface area contributed by atoms with Crippen LogP contribution in [0, 0.1) is 12.8 Å². The Labute approximate surface area is 200 Å². The van der Waals surface area contributed by atoms with Crippen molar-refractivity contribution in [3.63, 3.8) is 0 Å². The number of fused-ring (bicyclic) bond motifs is 1. The third-order valence-electron chi connectivity index (χ3n) is 5.79. The Hall–Kier alpha value is -3.48. The van der Waals surface area contributed by atoms with Crippen LogP contribution in [0.2, 0.25) is 0 Å². The second-order valence-corrected chi connectivity index (χ2v) is 8.71. The van der Waals surface area contributed by atoms with E-state index in [0.717, 1.165) is 23.3 Å². The number of aromatic nitrogens is 1. The second-order valence-electron chi connectivity index (χ2n) is 8.71. The number of rotatable bonds is 10. The Morgan fingerprint density at radius 3 is 2.32 bits per heavy atom. The predicted octanol–water partition coefficient (Wildman–Crippen LogP) is 4.70. The highest BCUT2D eigenvalue weighted by atomic mass is 16.5. The Bertz CT molecular complexity index is 1230. The molecule has 0 fully saturated rings. The van der Waals surface area contributed by atoms with Gasteiger partial charge in [-0.05, 0) is 49.9 Å². The minimum Gasteiger partial charge on any atom is -0.493 e. The van der Waals surface area contributed by atoms with E-state index < -0.39 is 0 Å². The maximum atomic E-state index is 13.3. The van der Waals surface area contributed by atoms with Gasteiger partial charge in [0.25, 0.3) is 11.5 Å². The number of hydrogen-bond donors (Lipinski definition) is 1. The number of nitrogens with one attached hydrogen (secondary N) is 1. The van der Waals surface area contributed by atoms with Gasteiger partial charge in [0.1, 0.15) is 5.75 Å². The van der Waals surface area contributed by atoms with Crippen molar-refractivity contribution in [1.82, 2.24) is 9.88 Å². The van der Waals surface area contributed by atoms with Gasteiger partial charge < -0.3 is 24.1 Å². The van der Waals surface area contributed by atoms with Crippen molar-refractivity contribution in [3.8, 4) is 17.2 Å². The number of hydrogen-bond acceptors (Lipinski definition) is 5. The first-order valence-corrected chi connectivity index (χ1v) is 11.6. The summed E-state index contributed by atoms with van der Waals surface area (Å²) in [6.45, 7) is 9.56. The molecule has 0 saturated carbocycles. The number of carbonyl (C=O) groups is 1. The van der Waals surface area contributed by atoms with Crippen LogP contribution in [-0.4, -0.2) is 31.3 Å². The number of aryl methyl sites for hydroxylation is 2. The number of benzene rings is 2. The summed E-state index contributed by atoms with van der Waals surface area (Å²) in [7, 11) is 3.04. The standard InChI is InChI=1S/C27H34N2O5/c1-7-29-16-22(20-13-24(32-5)25(33-6)14-21(20)27(29)31)26(30)28-15-19-9-8-18(4)12-23(19)34-11-10-17(2)3/h8-9,12-14,16-17H,7,10-11,15H2,1-6H3,(H,28,30). The van der Waals surface area contributed by atoms with E-state index >= 15 is 0 Å². The molecule has 2 aromatic carbocycles. The third kappa shape index (κ3) is 5.53. The van der Waals surface area contributed by atoms with Crippen LogP contribution in [0.25, 0.3) is 10.8 Å². The van der Waals surface area contributed by atoms with Gasteiger partial charge in [0.15, 0.2) is 11.5 Å². The summed E-state index contributed by atoms with van der Waals surface area (Å²) in [6.07, 6.45) is 2.55. The molecule has 1 amide bonds. The van der Waals surface area contributed by atoms with Gasteiger partial charge in [-0.1, -0.05) is 26.0 Å². The van der Waals surface area contributed by atoms with Crippen LogP contribution in [0.5, 0.6) is 17.2 Å². The topological polar surface area (TPSA) is 78.8 Å². The number of methoxy groups -OCH3 is 2. The Morgan fingerprint density at radius 2 is 1.71 bits per heavy atom. The zero-order valence-corrected chi connectivity index (χ0v) is 20.9. The molecule has 0 spiro atoms. The molecule has 3 rings (SSSR count). The lowest BCUT2D eigenvalue weighted by atomic mass is 10.0. The van der Waals surface area contributed by atoms with Crippen LogP contribution in [-0.2, 0) is 13.1 Å². The zero-order valence-electron chi connectivity index (χ0n) is 20.9. The highest BCUT2D eigenvalue weighted by Gasteiger charge is 2.18. The molecule has 0 radical (unpaired) electrons. The van der Waals surface area contributed by atoms with Gasteiger partial charge in [-0.25, -0.2) is 0 Å². The minimum atomic E-state index is -0.284. The van der Waals surface area contributed by atoms with Gasteiger partial charge in [-0.2, -0.15) is 0 Å². The highest BCUT2D eigenvalue weighted by molar-refractivity contribution is 6.07.